The molecule has 0 aliphatic heterocycles. The molecule has 15 heavy (non-hydrogen) atoms. The summed E-state index contributed by atoms with van der Waals surface area (Å²) in [6.07, 6.45) is 4.84. The van der Waals surface area contributed by atoms with Gasteiger partial charge in [-0.15, -0.1) is 0 Å². The van der Waals surface area contributed by atoms with Gasteiger partial charge in [0.1, 0.15) is 5.60 Å². The molecule has 0 aromatic carbocycles. The summed E-state index contributed by atoms with van der Waals surface area (Å²) in [5.74, 6) is 0. The molecule has 0 bridgehead atoms. The second kappa shape index (κ2) is 5.18. The SMILES string of the molecule is CC(C)(C)OC(=O)NC1CC=C(I)CC1. The van der Waals surface area contributed by atoms with Crippen LogP contribution in [0.1, 0.15) is 40.0 Å². The summed E-state index contributed by atoms with van der Waals surface area (Å²) in [4.78, 5) is 11.5. The van der Waals surface area contributed by atoms with Gasteiger partial charge < -0.3 is 10.1 Å². The van der Waals surface area contributed by atoms with Crippen molar-refractivity contribution in [2.75, 3.05) is 0 Å². The van der Waals surface area contributed by atoms with Crippen molar-refractivity contribution in [2.24, 2.45) is 0 Å². The van der Waals surface area contributed by atoms with E-state index in [0.717, 1.165) is 19.3 Å². The summed E-state index contributed by atoms with van der Waals surface area (Å²) in [6.45, 7) is 5.61. The van der Waals surface area contributed by atoms with E-state index >= 15 is 0 Å². The first-order valence-electron chi connectivity index (χ1n) is 5.21. The van der Waals surface area contributed by atoms with E-state index in [1.54, 1.807) is 0 Å². The lowest BCUT2D eigenvalue weighted by Gasteiger charge is -2.24. The van der Waals surface area contributed by atoms with Crippen molar-refractivity contribution in [1.29, 1.82) is 0 Å². The Morgan fingerprint density at radius 2 is 2.27 bits per heavy atom. The van der Waals surface area contributed by atoms with E-state index in [0.29, 0.717) is 0 Å². The van der Waals surface area contributed by atoms with E-state index in [-0.39, 0.29) is 12.1 Å². The second-order valence-electron chi connectivity index (χ2n) is 4.77. The zero-order chi connectivity index (χ0) is 11.5. The van der Waals surface area contributed by atoms with Gasteiger partial charge in [-0.25, -0.2) is 4.79 Å². The van der Waals surface area contributed by atoms with Gasteiger partial charge in [-0.05, 0) is 66.2 Å². The number of amides is 1. The Kier molecular flexibility index (Phi) is 4.43. The first-order valence-corrected chi connectivity index (χ1v) is 6.29. The van der Waals surface area contributed by atoms with Crippen molar-refractivity contribution < 1.29 is 9.53 Å². The summed E-state index contributed by atoms with van der Waals surface area (Å²) in [5.41, 5.74) is -0.414. The minimum atomic E-state index is -0.414. The predicted molar refractivity (Wildman–Crippen MR) is 69.1 cm³/mol. The molecule has 0 radical (unpaired) electrons. The maximum atomic E-state index is 11.5. The molecule has 1 amide bonds. The molecule has 1 N–H and O–H groups in total. The van der Waals surface area contributed by atoms with Gasteiger partial charge in [0.15, 0.2) is 0 Å². The van der Waals surface area contributed by atoms with Crippen LogP contribution in [0.25, 0.3) is 0 Å². The van der Waals surface area contributed by atoms with E-state index in [4.69, 9.17) is 4.74 Å². The molecule has 0 spiro atoms. The highest BCUT2D eigenvalue weighted by molar-refractivity contribution is 14.1. The van der Waals surface area contributed by atoms with E-state index in [1.165, 1.54) is 3.58 Å². The molecule has 0 saturated heterocycles. The minimum Gasteiger partial charge on any atom is -0.444 e. The van der Waals surface area contributed by atoms with Gasteiger partial charge in [0, 0.05) is 6.04 Å². The van der Waals surface area contributed by atoms with Crippen LogP contribution in [0.4, 0.5) is 4.79 Å². The van der Waals surface area contributed by atoms with E-state index in [1.807, 2.05) is 20.8 Å². The number of rotatable bonds is 1. The second-order valence-corrected chi connectivity index (χ2v) is 6.15. The van der Waals surface area contributed by atoms with Gasteiger partial charge in [-0.3, -0.25) is 0 Å². The summed E-state index contributed by atoms with van der Waals surface area (Å²) in [7, 11) is 0. The van der Waals surface area contributed by atoms with E-state index in [9.17, 15) is 4.79 Å². The quantitative estimate of drug-likeness (QED) is 0.751. The molecule has 0 fully saturated rings. The van der Waals surface area contributed by atoms with Crippen molar-refractivity contribution in [2.45, 2.75) is 51.7 Å². The molecule has 4 heteroatoms. The normalized spacial score (nSPS) is 21.9. The number of nitrogens with one attached hydrogen (secondary N) is 1. The summed E-state index contributed by atoms with van der Waals surface area (Å²) in [5, 5.41) is 2.89. The highest BCUT2D eigenvalue weighted by Gasteiger charge is 2.20. The van der Waals surface area contributed by atoms with E-state index < -0.39 is 5.60 Å². The molecule has 1 aliphatic rings. The molecule has 3 nitrogen and oxygen atoms in total. The number of halogens is 1. The van der Waals surface area contributed by atoms with Gasteiger partial charge in [0.2, 0.25) is 0 Å². The van der Waals surface area contributed by atoms with Gasteiger partial charge in [0.25, 0.3) is 0 Å². The molecule has 1 rings (SSSR count). The van der Waals surface area contributed by atoms with Gasteiger partial charge in [-0.1, -0.05) is 6.08 Å². The number of hydrogen-bond acceptors (Lipinski definition) is 2. The Morgan fingerprint density at radius 3 is 2.73 bits per heavy atom. The monoisotopic (exact) mass is 323 g/mol. The van der Waals surface area contributed by atoms with Crippen LogP contribution in [-0.2, 0) is 4.74 Å². The Morgan fingerprint density at radius 1 is 1.60 bits per heavy atom. The number of allylic oxidation sites excluding steroid dienone is 1. The highest BCUT2D eigenvalue weighted by Crippen LogP contribution is 2.23. The van der Waals surface area contributed by atoms with Crippen molar-refractivity contribution in [3.63, 3.8) is 0 Å². The first-order chi connectivity index (χ1) is 6.87. The van der Waals surface area contributed by atoms with E-state index in [2.05, 4.69) is 34.0 Å². The minimum absolute atomic E-state index is 0.235. The summed E-state index contributed by atoms with van der Waals surface area (Å²) >= 11 is 2.34. The van der Waals surface area contributed by atoms with Crippen molar-refractivity contribution >= 4 is 28.7 Å². The Labute approximate surface area is 105 Å². The number of alkyl carbamates (subject to hydrolysis) is 1. The molecule has 86 valence electrons. The van der Waals surface area contributed by atoms with Crippen LogP contribution >= 0.6 is 22.6 Å². The smallest absolute Gasteiger partial charge is 0.407 e. The number of hydrogen-bond donors (Lipinski definition) is 1. The number of carbonyl (C=O) groups excluding carboxylic acids is 1. The standard InChI is InChI=1S/C11H18INO2/c1-11(2,3)15-10(14)13-9-6-4-8(12)5-7-9/h4,9H,5-7H2,1-3H3,(H,13,14). The fourth-order valence-corrected chi connectivity index (χ4v) is 1.97. The zero-order valence-corrected chi connectivity index (χ0v) is 11.6. The molecule has 1 aliphatic carbocycles. The molecule has 0 saturated carbocycles. The Bertz CT molecular complexity index is 268. The lowest BCUT2D eigenvalue weighted by Crippen LogP contribution is -2.39. The average Bonchev–Trinajstić information content (AvgIpc) is 2.05. The van der Waals surface area contributed by atoms with Crippen LogP contribution in [0, 0.1) is 0 Å². The summed E-state index contributed by atoms with van der Waals surface area (Å²) in [6, 6.07) is 0.235. The van der Waals surface area contributed by atoms with Crippen molar-refractivity contribution in [1.82, 2.24) is 5.32 Å². The molecular formula is C11H18INO2. The average molecular weight is 323 g/mol. The highest BCUT2D eigenvalue weighted by atomic mass is 127. The van der Waals surface area contributed by atoms with Crippen LogP contribution in [0.5, 0.6) is 0 Å². The first kappa shape index (κ1) is 12.8. The summed E-state index contributed by atoms with van der Waals surface area (Å²) < 4.78 is 6.58. The predicted octanol–water partition coefficient (Wildman–Crippen LogP) is 3.38. The number of ether oxygens (including phenoxy) is 1. The fraction of sp³-hybridized carbons (Fsp3) is 0.727. The van der Waals surface area contributed by atoms with Crippen LogP contribution in [0.15, 0.2) is 9.66 Å². The maximum Gasteiger partial charge on any atom is 0.407 e. The molecule has 0 aromatic heterocycles. The maximum absolute atomic E-state index is 11.5. The lowest BCUT2D eigenvalue weighted by molar-refractivity contribution is 0.0501. The Hall–Kier alpha value is -0.260. The third-order valence-corrected chi connectivity index (χ3v) is 3.06. The topological polar surface area (TPSA) is 38.3 Å². The van der Waals surface area contributed by atoms with Crippen LogP contribution in [0.3, 0.4) is 0 Å². The lowest BCUT2D eigenvalue weighted by atomic mass is 10.0. The zero-order valence-electron chi connectivity index (χ0n) is 9.47. The number of carbonyl (C=O) groups is 1. The third kappa shape index (κ3) is 5.39. The fourth-order valence-electron chi connectivity index (χ4n) is 1.41. The van der Waals surface area contributed by atoms with Gasteiger partial charge >= 0.3 is 6.09 Å². The molecule has 0 heterocycles. The van der Waals surface area contributed by atoms with Crippen molar-refractivity contribution in [3.8, 4) is 0 Å². The van der Waals surface area contributed by atoms with Crippen LogP contribution in [0.2, 0.25) is 0 Å². The third-order valence-electron chi connectivity index (χ3n) is 2.08. The largest absolute Gasteiger partial charge is 0.444 e. The van der Waals surface area contributed by atoms with Crippen molar-refractivity contribution in [3.05, 3.63) is 9.66 Å². The molecule has 0 aromatic rings. The molecule has 1 atom stereocenters. The van der Waals surface area contributed by atoms with Crippen LogP contribution < -0.4 is 5.32 Å². The van der Waals surface area contributed by atoms with Gasteiger partial charge in [-0.2, -0.15) is 0 Å². The molecular weight excluding hydrogens is 305 g/mol. The molecule has 1 unspecified atom stereocenters. The van der Waals surface area contributed by atoms with Crippen LogP contribution in [-0.4, -0.2) is 17.7 Å². The Balaban J connectivity index is 2.33. The van der Waals surface area contributed by atoms with Gasteiger partial charge in [0.05, 0.1) is 0 Å².